The number of hydrogen-bond acceptors (Lipinski definition) is 4. The van der Waals surface area contributed by atoms with E-state index in [1.54, 1.807) is 17.0 Å². The maximum absolute atomic E-state index is 14.4. The molecule has 7 nitrogen and oxygen atoms in total. The summed E-state index contributed by atoms with van der Waals surface area (Å²) < 4.78 is 0. The second-order valence-electron chi connectivity index (χ2n) is 12.2. The minimum atomic E-state index is -0.864. The Bertz CT molecular complexity index is 1720. The molecule has 0 unspecified atom stereocenters. The smallest absolute Gasteiger partial charge is 0.246 e. The minimum Gasteiger partial charge on any atom is -0.340 e. The summed E-state index contributed by atoms with van der Waals surface area (Å²) in [5.41, 5.74) is 9.67. The van der Waals surface area contributed by atoms with Crippen LogP contribution in [-0.2, 0) is 27.2 Å². The van der Waals surface area contributed by atoms with Crippen LogP contribution >= 0.6 is 11.6 Å². The summed E-state index contributed by atoms with van der Waals surface area (Å²) in [7, 11) is 0. The van der Waals surface area contributed by atoms with Gasteiger partial charge >= 0.3 is 0 Å². The van der Waals surface area contributed by atoms with Gasteiger partial charge in [0.05, 0.1) is 0 Å². The van der Waals surface area contributed by atoms with E-state index in [0.29, 0.717) is 37.6 Å². The number of hydrogen-bond donors (Lipinski definition) is 2. The van der Waals surface area contributed by atoms with Gasteiger partial charge < -0.3 is 20.9 Å². The summed E-state index contributed by atoms with van der Waals surface area (Å²) in [6.45, 7) is 3.85. The van der Waals surface area contributed by atoms with E-state index in [4.69, 9.17) is 17.3 Å². The molecule has 5 rings (SSSR count). The van der Waals surface area contributed by atoms with Crippen LogP contribution in [0.15, 0.2) is 97.1 Å². The fraction of sp³-hybridized carbons (Fsp3) is 0.308. The Hall–Kier alpha value is -4.46. The van der Waals surface area contributed by atoms with Crippen LogP contribution in [0.3, 0.4) is 0 Å². The molecule has 1 saturated heterocycles. The van der Waals surface area contributed by atoms with Gasteiger partial charge in [-0.15, -0.1) is 0 Å². The molecule has 1 aliphatic heterocycles. The number of aryl methyl sites for hydroxylation is 1. The third-order valence-electron chi connectivity index (χ3n) is 8.85. The quantitative estimate of drug-likeness (QED) is 0.138. The summed E-state index contributed by atoms with van der Waals surface area (Å²) in [4.78, 5) is 45.1. The number of piperazine rings is 1. The highest BCUT2D eigenvalue weighted by atomic mass is 35.5. The molecule has 0 aromatic heterocycles. The normalized spacial score (nSPS) is 15.7. The van der Waals surface area contributed by atoms with Crippen molar-refractivity contribution in [3.63, 3.8) is 0 Å². The van der Waals surface area contributed by atoms with Crippen molar-refractivity contribution in [2.75, 3.05) is 26.2 Å². The van der Waals surface area contributed by atoms with Crippen molar-refractivity contribution in [2.24, 2.45) is 5.73 Å². The van der Waals surface area contributed by atoms with Crippen molar-refractivity contribution in [1.82, 2.24) is 15.1 Å². The van der Waals surface area contributed by atoms with E-state index in [0.717, 1.165) is 36.0 Å². The first-order chi connectivity index (χ1) is 22.8. The summed E-state index contributed by atoms with van der Waals surface area (Å²) in [5.74, 6) is -0.695. The first-order valence-electron chi connectivity index (χ1n) is 16.4. The number of nitrogens with two attached hydrogens (primary N) is 1. The molecule has 0 saturated carbocycles. The lowest BCUT2D eigenvalue weighted by molar-refractivity contribution is -0.153. The molecule has 0 spiro atoms. The van der Waals surface area contributed by atoms with Crippen LogP contribution < -0.4 is 11.1 Å². The van der Waals surface area contributed by atoms with Crippen LogP contribution in [0.5, 0.6) is 0 Å². The van der Waals surface area contributed by atoms with Crippen molar-refractivity contribution in [2.45, 2.75) is 51.1 Å². The van der Waals surface area contributed by atoms with Gasteiger partial charge in [-0.3, -0.25) is 14.4 Å². The molecule has 0 aliphatic carbocycles. The number of benzene rings is 4. The zero-order valence-electron chi connectivity index (χ0n) is 26.9. The van der Waals surface area contributed by atoms with Gasteiger partial charge in [-0.25, -0.2) is 0 Å². The van der Waals surface area contributed by atoms with Crippen LogP contribution in [0.1, 0.15) is 41.5 Å². The first kappa shape index (κ1) is 33.9. The monoisotopic (exact) mass is 650 g/mol. The number of carbonyl (C=O) groups is 3. The second-order valence-corrected chi connectivity index (χ2v) is 12.6. The third-order valence-corrected chi connectivity index (χ3v) is 9.09. The van der Waals surface area contributed by atoms with Crippen LogP contribution in [0.4, 0.5) is 0 Å². The number of fused-ring (bicyclic) bond motifs is 1. The predicted octanol–water partition coefficient (Wildman–Crippen LogP) is 5.95. The van der Waals surface area contributed by atoms with Crippen LogP contribution in [0, 0.1) is 6.92 Å². The van der Waals surface area contributed by atoms with Crippen molar-refractivity contribution < 1.29 is 14.4 Å². The van der Waals surface area contributed by atoms with Crippen LogP contribution in [0.2, 0.25) is 5.02 Å². The molecule has 47 heavy (non-hydrogen) atoms. The molecule has 4 aromatic carbocycles. The molecule has 3 N–H and O–H groups in total. The number of amides is 3. The van der Waals surface area contributed by atoms with Crippen molar-refractivity contribution in [3.05, 3.63) is 124 Å². The van der Waals surface area contributed by atoms with Gasteiger partial charge in [0, 0.05) is 37.2 Å². The summed E-state index contributed by atoms with van der Waals surface area (Å²) >= 11 is 6.22. The highest BCUT2D eigenvalue weighted by molar-refractivity contribution is 6.30. The maximum Gasteiger partial charge on any atom is 0.246 e. The van der Waals surface area contributed by atoms with Gasteiger partial charge in [-0.1, -0.05) is 90.5 Å². The van der Waals surface area contributed by atoms with E-state index in [1.807, 2.05) is 66.4 Å². The number of unbranched alkanes of at least 4 members (excludes halogenated alkanes) is 1. The lowest BCUT2D eigenvalue weighted by atomic mass is 9.97. The predicted molar refractivity (Wildman–Crippen MR) is 190 cm³/mol. The van der Waals surface area contributed by atoms with E-state index < -0.39 is 12.1 Å². The summed E-state index contributed by atoms with van der Waals surface area (Å²) in [6.07, 6.45) is 6.17. The van der Waals surface area contributed by atoms with Gasteiger partial charge in [-0.2, -0.15) is 0 Å². The molecule has 4 aromatic rings. The summed E-state index contributed by atoms with van der Waals surface area (Å²) in [6, 6.07) is 28.2. The average Bonchev–Trinajstić information content (AvgIpc) is 3.08. The SMILES string of the molecule is Cc1cc(Cl)ccc1C[C@@H](NC(=O)C=Cc1ccccc1)C(=O)N1CCN(CCc2ccc3ccccc3c2)C(=O)[C@@H]1CCCCN. The van der Waals surface area contributed by atoms with E-state index >= 15 is 0 Å². The molecular weight excluding hydrogens is 608 g/mol. The molecule has 244 valence electrons. The number of carbonyl (C=O) groups excluding carboxylic acids is 3. The number of halogens is 1. The highest BCUT2D eigenvalue weighted by Gasteiger charge is 2.39. The standard InChI is InChI=1S/C39H43ClN4O3/c1-28-25-34(40)18-17-32(28)27-35(42-37(45)19-15-29-9-3-2-4-10-29)38(46)44-24-23-43(39(47)36(44)13-7-8-21-41)22-20-30-14-16-31-11-5-6-12-33(31)26-30/h2-6,9-12,14-19,25-26,35-36H,7-8,13,20-24,27,41H2,1H3,(H,42,45)/t35-,36+/m1/s1. The van der Waals surface area contributed by atoms with Gasteiger partial charge in [0.2, 0.25) is 17.7 Å². The Morgan fingerprint density at radius 2 is 1.72 bits per heavy atom. The van der Waals surface area contributed by atoms with E-state index in [1.165, 1.54) is 22.4 Å². The topological polar surface area (TPSA) is 95.7 Å². The van der Waals surface area contributed by atoms with Gasteiger partial charge in [-0.05, 0) is 90.4 Å². The van der Waals surface area contributed by atoms with E-state index in [2.05, 4.69) is 35.6 Å². The first-order valence-corrected chi connectivity index (χ1v) is 16.8. The molecule has 8 heteroatoms. The van der Waals surface area contributed by atoms with Crippen LogP contribution in [0.25, 0.3) is 16.8 Å². The zero-order chi connectivity index (χ0) is 33.2. The average molecular weight is 651 g/mol. The highest BCUT2D eigenvalue weighted by Crippen LogP contribution is 2.23. The molecule has 0 radical (unpaired) electrons. The minimum absolute atomic E-state index is 0.0564. The van der Waals surface area contributed by atoms with Gasteiger partial charge in [0.15, 0.2) is 0 Å². The van der Waals surface area contributed by atoms with Gasteiger partial charge in [0.25, 0.3) is 0 Å². The Balaban J connectivity index is 1.34. The number of nitrogens with one attached hydrogen (secondary N) is 1. The van der Waals surface area contributed by atoms with Crippen molar-refractivity contribution in [1.29, 1.82) is 0 Å². The maximum atomic E-state index is 14.4. The Kier molecular flexibility index (Phi) is 11.8. The number of rotatable bonds is 13. The Morgan fingerprint density at radius 3 is 2.49 bits per heavy atom. The number of nitrogens with zero attached hydrogens (tertiary/aromatic N) is 2. The largest absolute Gasteiger partial charge is 0.340 e. The molecule has 1 aliphatic rings. The second kappa shape index (κ2) is 16.4. The van der Waals surface area contributed by atoms with Crippen molar-refractivity contribution in [3.8, 4) is 0 Å². The van der Waals surface area contributed by atoms with E-state index in [-0.39, 0.29) is 24.1 Å². The Morgan fingerprint density at radius 1 is 0.957 bits per heavy atom. The zero-order valence-corrected chi connectivity index (χ0v) is 27.7. The molecule has 1 heterocycles. The fourth-order valence-electron chi connectivity index (χ4n) is 6.21. The van der Waals surface area contributed by atoms with E-state index in [9.17, 15) is 14.4 Å². The van der Waals surface area contributed by atoms with Gasteiger partial charge in [0.1, 0.15) is 12.1 Å². The molecule has 2 atom stereocenters. The Labute approximate surface area is 282 Å². The third kappa shape index (κ3) is 9.09. The van der Waals surface area contributed by atoms with Crippen LogP contribution in [-0.4, -0.2) is 65.8 Å². The summed E-state index contributed by atoms with van der Waals surface area (Å²) in [5, 5.41) is 5.92. The lowest BCUT2D eigenvalue weighted by Crippen LogP contribution is -2.62. The molecular formula is C39H43ClN4O3. The fourth-order valence-corrected chi connectivity index (χ4v) is 6.44. The molecule has 0 bridgehead atoms. The molecule has 1 fully saturated rings. The molecule has 3 amide bonds. The lowest BCUT2D eigenvalue weighted by Gasteiger charge is -2.42. The van der Waals surface area contributed by atoms with Crippen molar-refractivity contribution >= 4 is 46.2 Å².